The molecule has 1 amide bonds. The van der Waals surface area contributed by atoms with Crippen molar-refractivity contribution >= 4 is 11.7 Å². The maximum atomic E-state index is 13.6. The van der Waals surface area contributed by atoms with Gasteiger partial charge in [0, 0.05) is 19.4 Å². The molecule has 2 fully saturated rings. The molecular formula is C18H22FNO3. The first-order valence-electron chi connectivity index (χ1n) is 8.35. The summed E-state index contributed by atoms with van der Waals surface area (Å²) in [5.41, 5.74) is 0.0674. The van der Waals surface area contributed by atoms with Gasteiger partial charge < -0.3 is 9.64 Å². The summed E-state index contributed by atoms with van der Waals surface area (Å²) in [6.45, 7) is 1.15. The molecule has 1 saturated heterocycles. The van der Waals surface area contributed by atoms with Crippen molar-refractivity contribution in [2.24, 2.45) is 0 Å². The van der Waals surface area contributed by atoms with Gasteiger partial charge in [-0.2, -0.15) is 0 Å². The van der Waals surface area contributed by atoms with Crippen LogP contribution in [0.1, 0.15) is 48.9 Å². The van der Waals surface area contributed by atoms with Crippen LogP contribution < -0.4 is 0 Å². The number of morpholine rings is 1. The first kappa shape index (κ1) is 16.1. The number of ether oxygens (including phenoxy) is 1. The van der Waals surface area contributed by atoms with E-state index in [4.69, 9.17) is 4.74 Å². The molecule has 0 bridgehead atoms. The summed E-state index contributed by atoms with van der Waals surface area (Å²) in [6, 6.07) is 6.06. The highest BCUT2D eigenvalue weighted by molar-refractivity contribution is 5.98. The molecular weight excluding hydrogens is 297 g/mol. The molecule has 4 nitrogen and oxygen atoms in total. The number of hydrogen-bond acceptors (Lipinski definition) is 3. The number of carbonyl (C=O) groups excluding carboxylic acids is 2. The monoisotopic (exact) mass is 319 g/mol. The standard InChI is InChI=1S/C18H22FNO3/c19-14-6-2-1-5-13(14)16(21)9-10-18(22)20-11-12-23-17-8-4-3-7-15(17)20/h1-2,5-6,15,17H,3-4,7-12H2. The lowest BCUT2D eigenvalue weighted by molar-refractivity contribution is -0.149. The third-order valence-corrected chi connectivity index (χ3v) is 4.79. The molecule has 5 heteroatoms. The molecule has 0 spiro atoms. The van der Waals surface area contributed by atoms with Crippen LogP contribution in [0.2, 0.25) is 0 Å². The normalized spacial score (nSPS) is 24.1. The van der Waals surface area contributed by atoms with Gasteiger partial charge in [-0.3, -0.25) is 9.59 Å². The minimum atomic E-state index is -0.524. The Kier molecular flexibility index (Phi) is 5.06. The third-order valence-electron chi connectivity index (χ3n) is 4.79. The van der Waals surface area contributed by atoms with Crippen molar-refractivity contribution in [3.8, 4) is 0 Å². The summed E-state index contributed by atoms with van der Waals surface area (Å²) >= 11 is 0. The molecule has 1 aliphatic carbocycles. The van der Waals surface area contributed by atoms with Crippen LogP contribution in [0.15, 0.2) is 24.3 Å². The van der Waals surface area contributed by atoms with E-state index in [2.05, 4.69) is 0 Å². The van der Waals surface area contributed by atoms with Gasteiger partial charge in [0.1, 0.15) is 5.82 Å². The molecule has 1 heterocycles. The van der Waals surface area contributed by atoms with E-state index >= 15 is 0 Å². The van der Waals surface area contributed by atoms with Gasteiger partial charge in [0.25, 0.3) is 0 Å². The van der Waals surface area contributed by atoms with E-state index < -0.39 is 5.82 Å². The van der Waals surface area contributed by atoms with E-state index in [9.17, 15) is 14.0 Å². The maximum absolute atomic E-state index is 13.6. The van der Waals surface area contributed by atoms with Gasteiger partial charge in [0.2, 0.25) is 5.91 Å². The van der Waals surface area contributed by atoms with Crippen molar-refractivity contribution in [2.75, 3.05) is 13.2 Å². The molecule has 2 atom stereocenters. The predicted octanol–water partition coefficient (Wildman–Crippen LogP) is 2.96. The molecule has 2 unspecified atom stereocenters. The topological polar surface area (TPSA) is 46.6 Å². The van der Waals surface area contributed by atoms with Gasteiger partial charge in [0.05, 0.1) is 24.3 Å². The lowest BCUT2D eigenvalue weighted by Gasteiger charge is -2.43. The highest BCUT2D eigenvalue weighted by Gasteiger charge is 2.36. The Hall–Kier alpha value is -1.75. The third kappa shape index (κ3) is 3.61. The summed E-state index contributed by atoms with van der Waals surface area (Å²) in [6.07, 6.45) is 4.56. The summed E-state index contributed by atoms with van der Waals surface area (Å²) in [4.78, 5) is 26.5. The van der Waals surface area contributed by atoms with Gasteiger partial charge in [-0.15, -0.1) is 0 Å². The van der Waals surface area contributed by atoms with E-state index in [1.54, 1.807) is 12.1 Å². The van der Waals surface area contributed by atoms with Crippen molar-refractivity contribution in [1.82, 2.24) is 4.90 Å². The number of Topliss-reactive ketones (excluding diaryl/α,β-unsaturated/α-hetero) is 1. The molecule has 23 heavy (non-hydrogen) atoms. The van der Waals surface area contributed by atoms with Crippen LogP contribution in [0.3, 0.4) is 0 Å². The van der Waals surface area contributed by atoms with Crippen molar-refractivity contribution in [3.63, 3.8) is 0 Å². The van der Waals surface area contributed by atoms with Crippen LogP contribution >= 0.6 is 0 Å². The Morgan fingerprint density at radius 2 is 1.96 bits per heavy atom. The average Bonchev–Trinajstić information content (AvgIpc) is 2.59. The number of amides is 1. The molecule has 1 aliphatic heterocycles. The van der Waals surface area contributed by atoms with Crippen molar-refractivity contribution in [3.05, 3.63) is 35.6 Å². The van der Waals surface area contributed by atoms with Gasteiger partial charge in [0.15, 0.2) is 5.78 Å². The quantitative estimate of drug-likeness (QED) is 0.802. The number of ketones is 1. The van der Waals surface area contributed by atoms with Gasteiger partial charge in [-0.25, -0.2) is 4.39 Å². The van der Waals surface area contributed by atoms with Crippen molar-refractivity contribution in [2.45, 2.75) is 50.7 Å². The molecule has 3 rings (SSSR count). The van der Waals surface area contributed by atoms with E-state index in [1.807, 2.05) is 4.90 Å². The Balaban J connectivity index is 1.58. The van der Waals surface area contributed by atoms with E-state index in [0.717, 1.165) is 25.7 Å². The number of hydrogen-bond donors (Lipinski definition) is 0. The number of nitrogens with zero attached hydrogens (tertiary/aromatic N) is 1. The Morgan fingerprint density at radius 3 is 2.78 bits per heavy atom. The molecule has 0 aromatic heterocycles. The minimum Gasteiger partial charge on any atom is -0.374 e. The largest absolute Gasteiger partial charge is 0.374 e. The molecule has 0 radical (unpaired) electrons. The van der Waals surface area contributed by atoms with Crippen molar-refractivity contribution < 1.29 is 18.7 Å². The molecule has 1 aromatic carbocycles. The Labute approximate surface area is 135 Å². The molecule has 2 aliphatic rings. The Bertz CT molecular complexity index is 587. The minimum absolute atomic E-state index is 0.0186. The van der Waals surface area contributed by atoms with E-state index in [1.165, 1.54) is 12.1 Å². The lowest BCUT2D eigenvalue weighted by Crippen LogP contribution is -2.54. The van der Waals surface area contributed by atoms with Crippen LogP contribution in [-0.4, -0.2) is 41.9 Å². The fraction of sp³-hybridized carbons (Fsp3) is 0.556. The van der Waals surface area contributed by atoms with Crippen LogP contribution in [-0.2, 0) is 9.53 Å². The first-order valence-corrected chi connectivity index (χ1v) is 8.35. The summed E-state index contributed by atoms with van der Waals surface area (Å²) in [5.74, 6) is -0.858. The summed E-state index contributed by atoms with van der Waals surface area (Å²) in [5, 5.41) is 0. The average molecular weight is 319 g/mol. The second-order valence-electron chi connectivity index (χ2n) is 6.25. The van der Waals surface area contributed by atoms with E-state index in [0.29, 0.717) is 13.2 Å². The fourth-order valence-corrected chi connectivity index (χ4v) is 3.59. The van der Waals surface area contributed by atoms with E-state index in [-0.39, 0.29) is 42.2 Å². The zero-order chi connectivity index (χ0) is 16.2. The second kappa shape index (κ2) is 7.21. The molecule has 1 saturated carbocycles. The Morgan fingerprint density at radius 1 is 1.17 bits per heavy atom. The predicted molar refractivity (Wildman–Crippen MR) is 83.7 cm³/mol. The molecule has 1 aromatic rings. The highest BCUT2D eigenvalue weighted by Crippen LogP contribution is 2.29. The van der Waals surface area contributed by atoms with Crippen LogP contribution in [0.25, 0.3) is 0 Å². The van der Waals surface area contributed by atoms with Gasteiger partial charge in [-0.1, -0.05) is 25.0 Å². The summed E-state index contributed by atoms with van der Waals surface area (Å²) in [7, 11) is 0. The SMILES string of the molecule is O=C(CCC(=O)N1CCOC2CCCCC21)c1ccccc1F. The number of benzene rings is 1. The number of rotatable bonds is 4. The summed E-state index contributed by atoms with van der Waals surface area (Å²) < 4.78 is 19.4. The number of carbonyl (C=O) groups is 2. The number of fused-ring (bicyclic) bond motifs is 1. The maximum Gasteiger partial charge on any atom is 0.223 e. The van der Waals surface area contributed by atoms with Crippen molar-refractivity contribution in [1.29, 1.82) is 0 Å². The fourth-order valence-electron chi connectivity index (χ4n) is 3.59. The van der Waals surface area contributed by atoms with Gasteiger partial charge in [-0.05, 0) is 25.0 Å². The highest BCUT2D eigenvalue weighted by atomic mass is 19.1. The zero-order valence-electron chi connectivity index (χ0n) is 13.2. The first-order chi connectivity index (χ1) is 11.2. The van der Waals surface area contributed by atoms with Crippen LogP contribution in [0.5, 0.6) is 0 Å². The smallest absolute Gasteiger partial charge is 0.223 e. The molecule has 124 valence electrons. The van der Waals surface area contributed by atoms with Gasteiger partial charge >= 0.3 is 0 Å². The lowest BCUT2D eigenvalue weighted by atomic mass is 9.90. The number of halogens is 1. The zero-order valence-corrected chi connectivity index (χ0v) is 13.2. The molecule has 0 N–H and O–H groups in total. The van der Waals surface area contributed by atoms with Crippen LogP contribution in [0, 0.1) is 5.82 Å². The van der Waals surface area contributed by atoms with Crippen LogP contribution in [0.4, 0.5) is 4.39 Å². The second-order valence-corrected chi connectivity index (χ2v) is 6.25.